The molecule has 0 bridgehead atoms. The van der Waals surface area contributed by atoms with Crippen LogP contribution in [0.3, 0.4) is 0 Å². The van der Waals surface area contributed by atoms with Crippen molar-refractivity contribution in [1.29, 1.82) is 0 Å². The van der Waals surface area contributed by atoms with Gasteiger partial charge in [-0.25, -0.2) is 0 Å². The molecule has 0 spiro atoms. The van der Waals surface area contributed by atoms with Gasteiger partial charge < -0.3 is 26.6 Å². The lowest BCUT2D eigenvalue weighted by Crippen LogP contribution is -2.54. The maximum Gasteiger partial charge on any atom is 0.325 e. The second-order valence-corrected chi connectivity index (χ2v) is 5.86. The van der Waals surface area contributed by atoms with Crippen molar-refractivity contribution in [3.63, 3.8) is 0 Å². The van der Waals surface area contributed by atoms with E-state index in [1.54, 1.807) is 24.3 Å². The third kappa shape index (κ3) is 7.31. The number of amides is 2. The SMILES string of the molecule is C[C@@H](NC(=O)[C@@H](CCC(=O)O)NC(=O)[C@H](N)Cc1ccccc1)C(=O)O. The first kappa shape index (κ1) is 21.1. The molecule has 9 nitrogen and oxygen atoms in total. The van der Waals surface area contributed by atoms with Gasteiger partial charge in [0.1, 0.15) is 12.1 Å². The molecule has 1 aromatic rings. The predicted molar refractivity (Wildman–Crippen MR) is 92.2 cm³/mol. The Morgan fingerprint density at radius 1 is 1.04 bits per heavy atom. The Kier molecular flexibility index (Phi) is 8.23. The minimum absolute atomic E-state index is 0.183. The first-order chi connectivity index (χ1) is 12.2. The Bertz CT molecular complexity index is 649. The lowest BCUT2D eigenvalue weighted by Gasteiger charge is -2.21. The fourth-order valence-corrected chi connectivity index (χ4v) is 2.15. The number of carbonyl (C=O) groups excluding carboxylic acids is 2. The molecule has 0 saturated heterocycles. The third-order valence-electron chi connectivity index (χ3n) is 3.64. The van der Waals surface area contributed by atoms with Crippen LogP contribution in [0.25, 0.3) is 0 Å². The van der Waals surface area contributed by atoms with E-state index in [1.165, 1.54) is 6.92 Å². The molecule has 1 aromatic carbocycles. The van der Waals surface area contributed by atoms with E-state index in [1.807, 2.05) is 6.07 Å². The van der Waals surface area contributed by atoms with Gasteiger partial charge in [0.25, 0.3) is 0 Å². The van der Waals surface area contributed by atoms with Crippen LogP contribution < -0.4 is 16.4 Å². The zero-order chi connectivity index (χ0) is 19.7. The van der Waals surface area contributed by atoms with Gasteiger partial charge in [-0.1, -0.05) is 30.3 Å². The normalized spacial score (nSPS) is 13.9. The minimum Gasteiger partial charge on any atom is -0.481 e. The average molecular weight is 365 g/mol. The molecule has 26 heavy (non-hydrogen) atoms. The molecule has 0 aliphatic carbocycles. The molecule has 2 amide bonds. The van der Waals surface area contributed by atoms with Gasteiger partial charge in [-0.15, -0.1) is 0 Å². The summed E-state index contributed by atoms with van der Waals surface area (Å²) < 4.78 is 0. The zero-order valence-corrected chi connectivity index (χ0v) is 14.3. The van der Waals surface area contributed by atoms with Crippen LogP contribution in [-0.4, -0.2) is 52.1 Å². The van der Waals surface area contributed by atoms with Gasteiger partial charge in [0.05, 0.1) is 6.04 Å². The van der Waals surface area contributed by atoms with E-state index < -0.39 is 41.9 Å². The Morgan fingerprint density at radius 3 is 2.19 bits per heavy atom. The van der Waals surface area contributed by atoms with Gasteiger partial charge in [0.2, 0.25) is 11.8 Å². The molecule has 9 heteroatoms. The average Bonchev–Trinajstić information content (AvgIpc) is 2.58. The van der Waals surface area contributed by atoms with Crippen LogP contribution in [0, 0.1) is 0 Å². The van der Waals surface area contributed by atoms with E-state index in [2.05, 4.69) is 10.6 Å². The molecule has 0 unspecified atom stereocenters. The molecule has 3 atom stereocenters. The number of nitrogens with one attached hydrogen (secondary N) is 2. The van der Waals surface area contributed by atoms with Crippen molar-refractivity contribution in [3.05, 3.63) is 35.9 Å². The number of benzene rings is 1. The van der Waals surface area contributed by atoms with Crippen LogP contribution in [0.5, 0.6) is 0 Å². The summed E-state index contributed by atoms with van der Waals surface area (Å²) in [5, 5.41) is 22.3. The largest absolute Gasteiger partial charge is 0.481 e. The lowest BCUT2D eigenvalue weighted by atomic mass is 10.0. The van der Waals surface area contributed by atoms with E-state index in [0.29, 0.717) is 0 Å². The zero-order valence-electron chi connectivity index (χ0n) is 14.3. The van der Waals surface area contributed by atoms with Crippen molar-refractivity contribution in [3.8, 4) is 0 Å². The molecule has 1 rings (SSSR count). The van der Waals surface area contributed by atoms with Crippen molar-refractivity contribution < 1.29 is 29.4 Å². The van der Waals surface area contributed by atoms with Crippen molar-refractivity contribution in [2.24, 2.45) is 5.73 Å². The van der Waals surface area contributed by atoms with E-state index >= 15 is 0 Å². The number of aliphatic carboxylic acids is 2. The van der Waals surface area contributed by atoms with Crippen molar-refractivity contribution in [1.82, 2.24) is 10.6 Å². The molecule has 142 valence electrons. The van der Waals surface area contributed by atoms with Crippen molar-refractivity contribution >= 4 is 23.8 Å². The monoisotopic (exact) mass is 365 g/mol. The fraction of sp³-hybridized carbons (Fsp3) is 0.412. The third-order valence-corrected chi connectivity index (χ3v) is 3.64. The molecule has 0 aromatic heterocycles. The molecule has 0 fully saturated rings. The number of rotatable bonds is 10. The predicted octanol–water partition coefficient (Wildman–Crippen LogP) is -0.505. The summed E-state index contributed by atoms with van der Waals surface area (Å²) in [5.74, 6) is -3.79. The summed E-state index contributed by atoms with van der Waals surface area (Å²) in [6.07, 6.45) is -0.309. The first-order valence-electron chi connectivity index (χ1n) is 8.05. The molecule has 0 aliphatic heterocycles. The second kappa shape index (κ2) is 10.1. The van der Waals surface area contributed by atoms with Crippen molar-refractivity contribution in [2.75, 3.05) is 0 Å². The van der Waals surface area contributed by atoms with Crippen LogP contribution in [0.1, 0.15) is 25.3 Å². The van der Waals surface area contributed by atoms with Crippen LogP contribution in [0.2, 0.25) is 0 Å². The van der Waals surface area contributed by atoms with Crippen molar-refractivity contribution in [2.45, 2.75) is 44.3 Å². The second-order valence-electron chi connectivity index (χ2n) is 5.86. The number of nitrogens with two attached hydrogens (primary N) is 1. The standard InChI is InChI=1S/C17H23N3O6/c1-10(17(25)26)19-16(24)13(7-8-14(21)22)20-15(23)12(18)9-11-5-3-2-4-6-11/h2-6,10,12-13H,7-9,18H2,1H3,(H,19,24)(H,20,23)(H,21,22)(H,25,26)/t10-,12-,13-/m1/s1. The highest BCUT2D eigenvalue weighted by atomic mass is 16.4. The molecule has 0 aliphatic rings. The number of carboxylic acid groups (broad SMARTS) is 2. The number of carbonyl (C=O) groups is 4. The fourth-order valence-electron chi connectivity index (χ4n) is 2.15. The van der Waals surface area contributed by atoms with Gasteiger partial charge in [-0.3, -0.25) is 19.2 Å². The van der Waals surface area contributed by atoms with E-state index in [4.69, 9.17) is 15.9 Å². The molecule has 6 N–H and O–H groups in total. The maximum absolute atomic E-state index is 12.2. The summed E-state index contributed by atoms with van der Waals surface area (Å²) in [5.41, 5.74) is 6.68. The quantitative estimate of drug-likeness (QED) is 0.373. The van der Waals surface area contributed by atoms with Gasteiger partial charge in [0, 0.05) is 6.42 Å². The van der Waals surface area contributed by atoms with Crippen LogP contribution in [-0.2, 0) is 25.6 Å². The van der Waals surface area contributed by atoms with Gasteiger partial charge >= 0.3 is 11.9 Å². The molecule has 0 saturated carbocycles. The maximum atomic E-state index is 12.2. The lowest BCUT2D eigenvalue weighted by molar-refractivity contribution is -0.142. The Labute approximate surface area is 150 Å². The molecule has 0 radical (unpaired) electrons. The number of hydrogen-bond donors (Lipinski definition) is 5. The van der Waals surface area contributed by atoms with E-state index in [-0.39, 0.29) is 19.3 Å². The van der Waals surface area contributed by atoms with E-state index in [0.717, 1.165) is 5.56 Å². The van der Waals surface area contributed by atoms with Crippen LogP contribution in [0.4, 0.5) is 0 Å². The minimum atomic E-state index is -1.25. The number of carboxylic acids is 2. The Morgan fingerprint density at radius 2 is 1.65 bits per heavy atom. The first-order valence-corrected chi connectivity index (χ1v) is 8.05. The van der Waals surface area contributed by atoms with Gasteiger partial charge in [0.15, 0.2) is 0 Å². The Hall–Kier alpha value is -2.94. The number of hydrogen-bond acceptors (Lipinski definition) is 5. The molecular formula is C17H23N3O6. The van der Waals surface area contributed by atoms with Crippen LogP contribution >= 0.6 is 0 Å². The van der Waals surface area contributed by atoms with Gasteiger partial charge in [-0.05, 0) is 25.3 Å². The topological polar surface area (TPSA) is 159 Å². The van der Waals surface area contributed by atoms with E-state index in [9.17, 15) is 19.2 Å². The Balaban J connectivity index is 2.73. The molecular weight excluding hydrogens is 342 g/mol. The summed E-state index contributed by atoms with van der Waals surface area (Å²) in [6, 6.07) is 5.73. The molecule has 0 heterocycles. The summed E-state index contributed by atoms with van der Waals surface area (Å²) in [6.45, 7) is 1.26. The van der Waals surface area contributed by atoms with Gasteiger partial charge in [-0.2, -0.15) is 0 Å². The smallest absolute Gasteiger partial charge is 0.325 e. The summed E-state index contributed by atoms with van der Waals surface area (Å²) in [4.78, 5) is 46.0. The summed E-state index contributed by atoms with van der Waals surface area (Å²) in [7, 11) is 0. The highest BCUT2D eigenvalue weighted by Gasteiger charge is 2.26. The van der Waals surface area contributed by atoms with Crippen LogP contribution in [0.15, 0.2) is 30.3 Å². The highest BCUT2D eigenvalue weighted by molar-refractivity contribution is 5.92. The highest BCUT2D eigenvalue weighted by Crippen LogP contribution is 2.04. The summed E-state index contributed by atoms with van der Waals surface area (Å²) >= 11 is 0.